The van der Waals surface area contributed by atoms with E-state index in [1.165, 1.54) is 18.7 Å². The van der Waals surface area contributed by atoms with Gasteiger partial charge < -0.3 is 14.7 Å². The summed E-state index contributed by atoms with van der Waals surface area (Å²) in [7, 11) is -3.51. The topological polar surface area (TPSA) is 83.9 Å². The molecule has 1 heterocycles. The standard InChI is InChI=1S/C12H23NO5S/c1-11(2)8-13(6-9(7-14)18-11)10(15)12(3,4)19(5,16)17/h9,14H,6-8H2,1-5H3. The Hall–Kier alpha value is -0.660. The first-order valence-electron chi connectivity index (χ1n) is 6.18. The average Bonchev–Trinajstić information content (AvgIpc) is 2.24. The van der Waals surface area contributed by atoms with Crippen LogP contribution >= 0.6 is 0 Å². The van der Waals surface area contributed by atoms with E-state index in [0.717, 1.165) is 6.26 Å². The van der Waals surface area contributed by atoms with E-state index in [1.807, 2.05) is 13.8 Å². The van der Waals surface area contributed by atoms with Gasteiger partial charge in [-0.3, -0.25) is 4.79 Å². The van der Waals surface area contributed by atoms with Gasteiger partial charge in [0, 0.05) is 19.3 Å². The summed E-state index contributed by atoms with van der Waals surface area (Å²) in [5, 5.41) is 9.20. The molecule has 1 atom stereocenters. The highest BCUT2D eigenvalue weighted by atomic mass is 32.2. The molecule has 112 valence electrons. The Kier molecular flexibility index (Phi) is 4.34. The molecule has 1 unspecified atom stereocenters. The maximum atomic E-state index is 12.4. The monoisotopic (exact) mass is 293 g/mol. The first kappa shape index (κ1) is 16.4. The second-order valence-corrected chi connectivity index (χ2v) is 8.72. The van der Waals surface area contributed by atoms with Crippen LogP contribution in [0.5, 0.6) is 0 Å². The summed E-state index contributed by atoms with van der Waals surface area (Å²) in [6.07, 6.45) is 0.572. The van der Waals surface area contributed by atoms with E-state index in [-0.39, 0.29) is 13.2 Å². The van der Waals surface area contributed by atoms with E-state index >= 15 is 0 Å². The number of carbonyl (C=O) groups is 1. The molecule has 0 radical (unpaired) electrons. The molecular weight excluding hydrogens is 270 g/mol. The Labute approximate surface area is 114 Å². The van der Waals surface area contributed by atoms with Crippen molar-refractivity contribution in [3.63, 3.8) is 0 Å². The molecular formula is C12H23NO5S. The lowest BCUT2D eigenvalue weighted by Crippen LogP contribution is -2.60. The molecule has 7 heteroatoms. The van der Waals surface area contributed by atoms with Crippen LogP contribution in [0, 0.1) is 0 Å². The van der Waals surface area contributed by atoms with Gasteiger partial charge in [-0.25, -0.2) is 8.42 Å². The molecule has 1 aliphatic rings. The minimum atomic E-state index is -3.51. The molecule has 0 aromatic rings. The molecule has 19 heavy (non-hydrogen) atoms. The summed E-state index contributed by atoms with van der Waals surface area (Å²) in [6, 6.07) is 0. The predicted molar refractivity (Wildman–Crippen MR) is 71.5 cm³/mol. The number of amides is 1. The summed E-state index contributed by atoms with van der Waals surface area (Å²) in [6.45, 7) is 6.73. The van der Waals surface area contributed by atoms with E-state index in [4.69, 9.17) is 4.74 Å². The highest BCUT2D eigenvalue weighted by Crippen LogP contribution is 2.25. The van der Waals surface area contributed by atoms with Gasteiger partial charge in [0.1, 0.15) is 4.75 Å². The number of rotatable bonds is 3. The molecule has 1 aliphatic heterocycles. The van der Waals surface area contributed by atoms with E-state index in [2.05, 4.69) is 0 Å². The summed E-state index contributed by atoms with van der Waals surface area (Å²) in [5.74, 6) is -0.454. The predicted octanol–water partition coefficient (Wildman–Crippen LogP) is -0.192. The Morgan fingerprint density at radius 3 is 2.42 bits per heavy atom. The lowest BCUT2D eigenvalue weighted by Gasteiger charge is -2.44. The molecule has 0 aromatic heterocycles. The highest BCUT2D eigenvalue weighted by Gasteiger charge is 2.45. The van der Waals surface area contributed by atoms with E-state index in [9.17, 15) is 18.3 Å². The third kappa shape index (κ3) is 3.46. The van der Waals surface area contributed by atoms with Gasteiger partial charge in [-0.2, -0.15) is 0 Å². The normalized spacial score (nSPS) is 24.3. The number of hydrogen-bond donors (Lipinski definition) is 1. The largest absolute Gasteiger partial charge is 0.394 e. The molecule has 0 saturated carbocycles. The smallest absolute Gasteiger partial charge is 0.243 e. The summed E-state index contributed by atoms with van der Waals surface area (Å²) >= 11 is 0. The third-order valence-corrected chi connectivity index (χ3v) is 5.44. The number of aliphatic hydroxyl groups is 1. The Morgan fingerprint density at radius 2 is 2.00 bits per heavy atom. The average molecular weight is 293 g/mol. The molecule has 1 rings (SSSR count). The van der Waals surface area contributed by atoms with Crippen LogP contribution in [0.2, 0.25) is 0 Å². The number of aliphatic hydroxyl groups excluding tert-OH is 1. The molecule has 0 bridgehead atoms. The second kappa shape index (κ2) is 5.03. The van der Waals surface area contributed by atoms with Crippen molar-refractivity contribution < 1.29 is 23.1 Å². The Morgan fingerprint density at radius 1 is 1.47 bits per heavy atom. The van der Waals surface area contributed by atoms with Gasteiger partial charge in [-0.1, -0.05) is 0 Å². The fourth-order valence-electron chi connectivity index (χ4n) is 2.08. The molecule has 6 nitrogen and oxygen atoms in total. The van der Waals surface area contributed by atoms with Crippen LogP contribution in [0.25, 0.3) is 0 Å². The number of morpholine rings is 1. The minimum absolute atomic E-state index is 0.202. The molecule has 1 N–H and O–H groups in total. The lowest BCUT2D eigenvalue weighted by molar-refractivity contribution is -0.168. The van der Waals surface area contributed by atoms with Gasteiger partial charge in [-0.05, 0) is 27.7 Å². The van der Waals surface area contributed by atoms with Gasteiger partial charge in [0.05, 0.1) is 18.3 Å². The van der Waals surface area contributed by atoms with Crippen molar-refractivity contribution in [2.45, 2.75) is 44.1 Å². The van der Waals surface area contributed by atoms with Crippen LogP contribution in [0.1, 0.15) is 27.7 Å². The second-order valence-electron chi connectivity index (χ2n) is 6.15. The van der Waals surface area contributed by atoms with Crippen molar-refractivity contribution in [2.24, 2.45) is 0 Å². The fourth-order valence-corrected chi connectivity index (χ4v) is 2.53. The first-order valence-corrected chi connectivity index (χ1v) is 8.07. The van der Waals surface area contributed by atoms with Gasteiger partial charge in [0.15, 0.2) is 9.84 Å². The van der Waals surface area contributed by atoms with E-state index in [1.54, 1.807) is 0 Å². The Bertz CT molecular complexity index is 455. The first-order chi connectivity index (χ1) is 8.40. The van der Waals surface area contributed by atoms with Gasteiger partial charge in [-0.15, -0.1) is 0 Å². The molecule has 1 saturated heterocycles. The van der Waals surface area contributed by atoms with Crippen LogP contribution in [-0.4, -0.2) is 66.7 Å². The third-order valence-electron chi connectivity index (χ3n) is 3.41. The maximum absolute atomic E-state index is 12.4. The van der Waals surface area contributed by atoms with Gasteiger partial charge >= 0.3 is 0 Å². The van der Waals surface area contributed by atoms with Crippen LogP contribution in [0.4, 0.5) is 0 Å². The van der Waals surface area contributed by atoms with Gasteiger partial charge in [0.2, 0.25) is 5.91 Å². The van der Waals surface area contributed by atoms with Gasteiger partial charge in [0.25, 0.3) is 0 Å². The number of carbonyl (C=O) groups excluding carboxylic acids is 1. The van der Waals surface area contributed by atoms with E-state index in [0.29, 0.717) is 6.54 Å². The summed E-state index contributed by atoms with van der Waals surface area (Å²) in [4.78, 5) is 13.9. The van der Waals surface area contributed by atoms with Crippen LogP contribution in [0.3, 0.4) is 0 Å². The molecule has 0 aliphatic carbocycles. The van der Waals surface area contributed by atoms with Crippen molar-refractivity contribution in [3.05, 3.63) is 0 Å². The highest BCUT2D eigenvalue weighted by molar-refractivity contribution is 7.92. The number of hydrogen-bond acceptors (Lipinski definition) is 5. The van der Waals surface area contributed by atoms with Crippen molar-refractivity contribution >= 4 is 15.7 Å². The van der Waals surface area contributed by atoms with Crippen molar-refractivity contribution in [2.75, 3.05) is 26.0 Å². The summed E-state index contributed by atoms with van der Waals surface area (Å²) < 4.78 is 27.6. The van der Waals surface area contributed by atoms with Crippen LogP contribution in [0.15, 0.2) is 0 Å². The molecule has 0 spiro atoms. The quantitative estimate of drug-likeness (QED) is 0.779. The summed E-state index contributed by atoms with van der Waals surface area (Å²) in [5.41, 5.74) is -0.602. The zero-order chi connectivity index (χ0) is 15.1. The SMILES string of the molecule is CC1(C)CN(C(=O)C(C)(C)S(C)(=O)=O)CC(CO)O1. The minimum Gasteiger partial charge on any atom is -0.394 e. The zero-order valence-corrected chi connectivity index (χ0v) is 13.0. The Balaban J connectivity index is 3.00. The van der Waals surface area contributed by atoms with Crippen molar-refractivity contribution in [1.82, 2.24) is 4.90 Å². The molecule has 0 aromatic carbocycles. The number of sulfone groups is 1. The van der Waals surface area contributed by atoms with Crippen molar-refractivity contribution in [3.8, 4) is 0 Å². The van der Waals surface area contributed by atoms with Crippen LogP contribution in [-0.2, 0) is 19.4 Å². The van der Waals surface area contributed by atoms with E-state index < -0.39 is 32.2 Å². The number of ether oxygens (including phenoxy) is 1. The molecule has 1 amide bonds. The number of nitrogens with zero attached hydrogens (tertiary/aromatic N) is 1. The molecule has 1 fully saturated rings. The van der Waals surface area contributed by atoms with Crippen molar-refractivity contribution in [1.29, 1.82) is 0 Å². The lowest BCUT2D eigenvalue weighted by atomic mass is 10.0. The maximum Gasteiger partial charge on any atom is 0.243 e. The fraction of sp³-hybridized carbons (Fsp3) is 0.917. The zero-order valence-electron chi connectivity index (χ0n) is 12.1. The van der Waals surface area contributed by atoms with Crippen LogP contribution < -0.4 is 0 Å².